The average Bonchev–Trinajstić information content (AvgIpc) is 2.43. The van der Waals surface area contributed by atoms with Gasteiger partial charge < -0.3 is 10.1 Å². The largest absolute Gasteiger partial charge is 0.456 e. The maximum atomic E-state index is 13.3. The standard InChI is InChI=1S/C16H17BrFNO/c1-3-19-10-12-8-11(2)4-7-15(12)20-16-9-13(18)5-6-14(16)17/h4-9,19H,3,10H2,1-2H3. The number of hydrogen-bond donors (Lipinski definition) is 1. The van der Waals surface area contributed by atoms with E-state index in [4.69, 9.17) is 4.74 Å². The van der Waals surface area contributed by atoms with Crippen molar-refractivity contribution in [2.24, 2.45) is 0 Å². The van der Waals surface area contributed by atoms with Crippen LogP contribution in [0.25, 0.3) is 0 Å². The fraction of sp³-hybridized carbons (Fsp3) is 0.250. The second kappa shape index (κ2) is 6.86. The van der Waals surface area contributed by atoms with Gasteiger partial charge in [0.2, 0.25) is 0 Å². The highest BCUT2D eigenvalue weighted by Crippen LogP contribution is 2.32. The molecule has 2 nitrogen and oxygen atoms in total. The number of ether oxygens (including phenoxy) is 1. The van der Waals surface area contributed by atoms with Gasteiger partial charge in [-0.15, -0.1) is 0 Å². The molecule has 0 aromatic heterocycles. The molecule has 1 N–H and O–H groups in total. The SMILES string of the molecule is CCNCc1cc(C)ccc1Oc1cc(F)ccc1Br. The molecule has 0 heterocycles. The van der Waals surface area contributed by atoms with Crippen LogP contribution in [0.15, 0.2) is 40.9 Å². The third kappa shape index (κ3) is 3.81. The number of benzene rings is 2. The summed E-state index contributed by atoms with van der Waals surface area (Å²) in [5.74, 6) is 0.901. The third-order valence-corrected chi connectivity index (χ3v) is 3.55. The lowest BCUT2D eigenvalue weighted by Crippen LogP contribution is -2.12. The van der Waals surface area contributed by atoms with Gasteiger partial charge in [-0.05, 0) is 47.6 Å². The molecular weight excluding hydrogens is 321 g/mol. The molecule has 4 heteroatoms. The first-order valence-corrected chi connectivity index (χ1v) is 7.32. The molecule has 0 spiro atoms. The van der Waals surface area contributed by atoms with E-state index in [1.807, 2.05) is 19.1 Å². The highest BCUT2D eigenvalue weighted by Gasteiger charge is 2.09. The highest BCUT2D eigenvalue weighted by atomic mass is 79.9. The van der Waals surface area contributed by atoms with E-state index in [1.165, 1.54) is 17.7 Å². The van der Waals surface area contributed by atoms with Crippen LogP contribution in [0.4, 0.5) is 4.39 Å². The summed E-state index contributed by atoms with van der Waals surface area (Å²) in [6.45, 7) is 5.70. The van der Waals surface area contributed by atoms with Crippen LogP contribution >= 0.6 is 15.9 Å². The van der Waals surface area contributed by atoms with E-state index in [2.05, 4.69) is 34.2 Å². The smallest absolute Gasteiger partial charge is 0.144 e. The van der Waals surface area contributed by atoms with E-state index in [9.17, 15) is 4.39 Å². The lowest BCUT2D eigenvalue weighted by molar-refractivity contribution is 0.465. The molecule has 0 unspecified atom stereocenters. The number of nitrogens with one attached hydrogen (secondary N) is 1. The van der Waals surface area contributed by atoms with Crippen molar-refractivity contribution in [1.82, 2.24) is 5.32 Å². The predicted molar refractivity (Wildman–Crippen MR) is 82.7 cm³/mol. The van der Waals surface area contributed by atoms with Gasteiger partial charge in [-0.25, -0.2) is 4.39 Å². The van der Waals surface area contributed by atoms with Crippen molar-refractivity contribution in [3.8, 4) is 11.5 Å². The van der Waals surface area contributed by atoms with Crippen LogP contribution in [-0.4, -0.2) is 6.54 Å². The first-order chi connectivity index (χ1) is 9.60. The number of aryl methyl sites for hydroxylation is 1. The summed E-state index contributed by atoms with van der Waals surface area (Å²) < 4.78 is 19.9. The van der Waals surface area contributed by atoms with Gasteiger partial charge in [0.1, 0.15) is 17.3 Å². The molecule has 106 valence electrons. The molecule has 0 saturated carbocycles. The van der Waals surface area contributed by atoms with Gasteiger partial charge >= 0.3 is 0 Å². The van der Waals surface area contributed by atoms with Crippen LogP contribution in [0.3, 0.4) is 0 Å². The Bertz CT molecular complexity index is 601. The zero-order valence-electron chi connectivity index (χ0n) is 11.5. The maximum absolute atomic E-state index is 13.3. The van der Waals surface area contributed by atoms with Gasteiger partial charge in [0, 0.05) is 18.2 Å². The van der Waals surface area contributed by atoms with E-state index < -0.39 is 0 Å². The Morgan fingerprint density at radius 1 is 1.15 bits per heavy atom. The Balaban J connectivity index is 2.30. The minimum Gasteiger partial charge on any atom is -0.456 e. The molecule has 2 aromatic rings. The van der Waals surface area contributed by atoms with Crippen LogP contribution in [0, 0.1) is 12.7 Å². The average molecular weight is 338 g/mol. The van der Waals surface area contributed by atoms with E-state index in [1.54, 1.807) is 6.07 Å². The van der Waals surface area contributed by atoms with E-state index >= 15 is 0 Å². The predicted octanol–water partition coefficient (Wildman–Crippen LogP) is 4.80. The Morgan fingerprint density at radius 2 is 1.95 bits per heavy atom. The summed E-state index contributed by atoms with van der Waals surface area (Å²) in [5, 5.41) is 3.28. The quantitative estimate of drug-likeness (QED) is 0.846. The molecule has 0 amide bonds. The van der Waals surface area contributed by atoms with Gasteiger partial charge in [-0.1, -0.05) is 24.6 Å². The molecule has 20 heavy (non-hydrogen) atoms. The summed E-state index contributed by atoms with van der Waals surface area (Å²) in [5.41, 5.74) is 2.23. The van der Waals surface area contributed by atoms with Crippen molar-refractivity contribution in [1.29, 1.82) is 0 Å². The van der Waals surface area contributed by atoms with Crippen LogP contribution in [0.2, 0.25) is 0 Å². The Morgan fingerprint density at radius 3 is 2.70 bits per heavy atom. The van der Waals surface area contributed by atoms with Gasteiger partial charge in [-0.3, -0.25) is 0 Å². The Hall–Kier alpha value is -1.39. The summed E-state index contributed by atoms with van der Waals surface area (Å²) in [6.07, 6.45) is 0. The molecule has 0 bridgehead atoms. The van der Waals surface area contributed by atoms with E-state index in [-0.39, 0.29) is 5.82 Å². The minimum absolute atomic E-state index is 0.316. The van der Waals surface area contributed by atoms with Crippen LogP contribution in [0.5, 0.6) is 11.5 Å². The lowest BCUT2D eigenvalue weighted by Gasteiger charge is -2.13. The Kier molecular flexibility index (Phi) is 5.15. The summed E-state index contributed by atoms with van der Waals surface area (Å²) in [4.78, 5) is 0. The molecular formula is C16H17BrFNO. The fourth-order valence-corrected chi connectivity index (χ4v) is 2.21. The molecule has 2 aromatic carbocycles. The summed E-state index contributed by atoms with van der Waals surface area (Å²) in [7, 11) is 0. The number of hydrogen-bond acceptors (Lipinski definition) is 2. The van der Waals surface area contributed by atoms with Crippen molar-refractivity contribution in [2.75, 3.05) is 6.54 Å². The molecule has 0 aliphatic carbocycles. The monoisotopic (exact) mass is 337 g/mol. The second-order valence-electron chi connectivity index (χ2n) is 4.57. The van der Waals surface area contributed by atoms with Gasteiger partial charge in [0.25, 0.3) is 0 Å². The number of rotatable bonds is 5. The van der Waals surface area contributed by atoms with Gasteiger partial charge in [-0.2, -0.15) is 0 Å². The zero-order chi connectivity index (χ0) is 14.5. The molecule has 0 radical (unpaired) electrons. The van der Waals surface area contributed by atoms with Crippen molar-refractivity contribution < 1.29 is 9.13 Å². The number of halogens is 2. The first-order valence-electron chi connectivity index (χ1n) is 6.53. The molecule has 0 fully saturated rings. The lowest BCUT2D eigenvalue weighted by atomic mass is 10.1. The molecule has 0 atom stereocenters. The van der Waals surface area contributed by atoms with Gasteiger partial charge in [0.15, 0.2) is 0 Å². The van der Waals surface area contributed by atoms with E-state index in [0.717, 1.165) is 28.9 Å². The van der Waals surface area contributed by atoms with Crippen LogP contribution < -0.4 is 10.1 Å². The second-order valence-corrected chi connectivity index (χ2v) is 5.42. The van der Waals surface area contributed by atoms with E-state index in [0.29, 0.717) is 5.75 Å². The molecule has 0 saturated heterocycles. The summed E-state index contributed by atoms with van der Waals surface area (Å²) >= 11 is 3.37. The highest BCUT2D eigenvalue weighted by molar-refractivity contribution is 9.10. The Labute approximate surface area is 127 Å². The topological polar surface area (TPSA) is 21.3 Å². The normalized spacial score (nSPS) is 10.6. The summed E-state index contributed by atoms with van der Waals surface area (Å²) in [6, 6.07) is 10.4. The zero-order valence-corrected chi connectivity index (χ0v) is 13.1. The third-order valence-electron chi connectivity index (χ3n) is 2.89. The van der Waals surface area contributed by atoms with Crippen molar-refractivity contribution in [2.45, 2.75) is 20.4 Å². The van der Waals surface area contributed by atoms with Gasteiger partial charge in [0.05, 0.1) is 4.47 Å². The van der Waals surface area contributed by atoms with Crippen LogP contribution in [-0.2, 0) is 6.54 Å². The van der Waals surface area contributed by atoms with Crippen molar-refractivity contribution in [3.05, 3.63) is 57.8 Å². The van der Waals surface area contributed by atoms with Crippen molar-refractivity contribution in [3.63, 3.8) is 0 Å². The minimum atomic E-state index is -0.316. The van der Waals surface area contributed by atoms with Crippen molar-refractivity contribution >= 4 is 15.9 Å². The molecule has 0 aliphatic rings. The molecule has 2 rings (SSSR count). The van der Waals surface area contributed by atoms with Crippen LogP contribution in [0.1, 0.15) is 18.1 Å². The fourth-order valence-electron chi connectivity index (χ4n) is 1.88. The molecule has 0 aliphatic heterocycles. The first kappa shape index (κ1) is 15.0. The maximum Gasteiger partial charge on any atom is 0.144 e.